The lowest BCUT2D eigenvalue weighted by Crippen LogP contribution is -2.48. The largest absolute Gasteiger partial charge is 0.482 e. The number of morpholine rings is 1. The minimum absolute atomic E-state index is 0.230. The lowest BCUT2D eigenvalue weighted by molar-refractivity contribution is -0.133. The molecule has 0 unspecified atom stereocenters. The molecule has 4 rings (SSSR count). The van der Waals surface area contributed by atoms with E-state index in [1.54, 1.807) is 43.3 Å². The Hall–Kier alpha value is -2.62. The van der Waals surface area contributed by atoms with Crippen molar-refractivity contribution in [2.75, 3.05) is 26.3 Å². The molecule has 2 aliphatic rings. The predicted molar refractivity (Wildman–Crippen MR) is 109 cm³/mol. The van der Waals surface area contributed by atoms with Crippen LogP contribution in [0.15, 0.2) is 53.4 Å². The molecule has 2 aromatic rings. The average molecular weight is 432 g/mol. The quantitative estimate of drug-likeness (QED) is 0.771. The van der Waals surface area contributed by atoms with E-state index < -0.39 is 22.2 Å². The van der Waals surface area contributed by atoms with Crippen molar-refractivity contribution in [3.8, 4) is 11.5 Å². The van der Waals surface area contributed by atoms with Gasteiger partial charge in [-0.15, -0.1) is 0 Å². The molecule has 1 amide bonds. The summed E-state index contributed by atoms with van der Waals surface area (Å²) in [7, 11) is -3.53. The van der Waals surface area contributed by atoms with Crippen LogP contribution >= 0.6 is 0 Å². The molecule has 30 heavy (non-hydrogen) atoms. The topological polar surface area (TPSA) is 94.2 Å². The third-order valence-electron chi connectivity index (χ3n) is 5.10. The highest BCUT2D eigenvalue weighted by Gasteiger charge is 2.34. The average Bonchev–Trinajstić information content (AvgIpc) is 2.78. The zero-order chi connectivity index (χ0) is 21.1. The van der Waals surface area contributed by atoms with Crippen molar-refractivity contribution in [1.82, 2.24) is 9.62 Å². The highest BCUT2D eigenvalue weighted by Crippen LogP contribution is 2.33. The van der Waals surface area contributed by atoms with E-state index in [2.05, 4.69) is 5.32 Å². The number of para-hydroxylation sites is 2. The molecule has 0 aromatic heterocycles. The van der Waals surface area contributed by atoms with E-state index >= 15 is 0 Å². The Kier molecular flexibility index (Phi) is 5.94. The first-order chi connectivity index (χ1) is 14.4. The van der Waals surface area contributed by atoms with Crippen LogP contribution in [0, 0.1) is 0 Å². The molecule has 2 heterocycles. The Morgan fingerprint density at radius 2 is 1.67 bits per heavy atom. The second-order valence-corrected chi connectivity index (χ2v) is 9.12. The van der Waals surface area contributed by atoms with E-state index in [1.165, 1.54) is 4.31 Å². The Labute approximate surface area is 175 Å². The predicted octanol–water partition coefficient (Wildman–Crippen LogP) is 1.55. The molecule has 0 bridgehead atoms. The van der Waals surface area contributed by atoms with Gasteiger partial charge >= 0.3 is 0 Å². The molecule has 2 aliphatic heterocycles. The number of benzene rings is 2. The number of nitrogens with one attached hydrogen (secondary N) is 1. The number of hydrogen-bond acceptors (Lipinski definition) is 6. The molecule has 0 spiro atoms. The van der Waals surface area contributed by atoms with Gasteiger partial charge in [0.05, 0.1) is 18.1 Å². The van der Waals surface area contributed by atoms with E-state index in [4.69, 9.17) is 14.2 Å². The van der Waals surface area contributed by atoms with Gasteiger partial charge in [0.25, 0.3) is 5.91 Å². The van der Waals surface area contributed by atoms with Crippen LogP contribution < -0.4 is 14.8 Å². The molecule has 1 N–H and O–H groups in total. The van der Waals surface area contributed by atoms with Gasteiger partial charge < -0.3 is 19.5 Å². The minimum atomic E-state index is -3.53. The van der Waals surface area contributed by atoms with Gasteiger partial charge in [-0.1, -0.05) is 24.3 Å². The van der Waals surface area contributed by atoms with Gasteiger partial charge in [0.1, 0.15) is 6.10 Å². The van der Waals surface area contributed by atoms with Gasteiger partial charge in [0.2, 0.25) is 16.1 Å². The zero-order valence-electron chi connectivity index (χ0n) is 16.6. The van der Waals surface area contributed by atoms with Gasteiger partial charge in [-0.2, -0.15) is 4.31 Å². The minimum Gasteiger partial charge on any atom is -0.482 e. The maximum Gasteiger partial charge on any atom is 0.265 e. The number of rotatable bonds is 5. The molecular weight excluding hydrogens is 408 g/mol. The summed E-state index contributed by atoms with van der Waals surface area (Å²) in [5.74, 6) is 0.863. The number of carbonyl (C=O) groups excluding carboxylic acids is 1. The molecular formula is C21H24N2O6S. The molecule has 0 aliphatic carbocycles. The van der Waals surface area contributed by atoms with Crippen molar-refractivity contribution in [2.24, 2.45) is 0 Å². The molecule has 1 saturated heterocycles. The summed E-state index contributed by atoms with van der Waals surface area (Å²) in [4.78, 5) is 12.8. The van der Waals surface area contributed by atoms with Gasteiger partial charge in [0.15, 0.2) is 11.5 Å². The first kappa shape index (κ1) is 20.6. The lowest BCUT2D eigenvalue weighted by Gasteiger charge is -2.31. The Balaban J connectivity index is 1.37. The van der Waals surface area contributed by atoms with E-state index in [1.807, 2.05) is 12.1 Å². The van der Waals surface area contributed by atoms with Gasteiger partial charge in [-0.25, -0.2) is 8.42 Å². The van der Waals surface area contributed by atoms with Crippen molar-refractivity contribution >= 4 is 15.9 Å². The van der Waals surface area contributed by atoms with Crippen LogP contribution in [0.2, 0.25) is 0 Å². The lowest BCUT2D eigenvalue weighted by atomic mass is 10.1. The first-order valence-corrected chi connectivity index (χ1v) is 11.3. The van der Waals surface area contributed by atoms with E-state index in [-0.39, 0.29) is 17.3 Å². The Morgan fingerprint density at radius 1 is 1.03 bits per heavy atom. The Morgan fingerprint density at radius 3 is 2.33 bits per heavy atom. The fourth-order valence-corrected chi connectivity index (χ4v) is 4.82. The summed E-state index contributed by atoms with van der Waals surface area (Å²) < 4.78 is 43.6. The summed E-state index contributed by atoms with van der Waals surface area (Å²) in [5.41, 5.74) is 0.786. The maximum atomic E-state index is 12.7. The summed E-state index contributed by atoms with van der Waals surface area (Å²) >= 11 is 0. The van der Waals surface area contributed by atoms with Crippen molar-refractivity contribution in [3.05, 3.63) is 54.1 Å². The fraction of sp³-hybridized carbons (Fsp3) is 0.381. The number of amides is 1. The van der Waals surface area contributed by atoms with Gasteiger partial charge in [-0.3, -0.25) is 4.79 Å². The number of sulfonamides is 1. The molecule has 9 heteroatoms. The zero-order valence-corrected chi connectivity index (χ0v) is 17.4. The molecule has 2 aromatic carbocycles. The monoisotopic (exact) mass is 432 g/mol. The van der Waals surface area contributed by atoms with Crippen LogP contribution in [0.25, 0.3) is 0 Å². The van der Waals surface area contributed by atoms with Crippen LogP contribution in [0.4, 0.5) is 0 Å². The summed E-state index contributed by atoms with van der Waals surface area (Å²) in [6.07, 6.45) is -1.19. The fourth-order valence-electron chi connectivity index (χ4n) is 3.41. The number of fused-ring (bicyclic) bond motifs is 1. The van der Waals surface area contributed by atoms with Gasteiger partial charge in [-0.05, 0) is 36.8 Å². The van der Waals surface area contributed by atoms with Crippen LogP contribution in [0.5, 0.6) is 11.5 Å². The summed E-state index contributed by atoms with van der Waals surface area (Å²) in [6.45, 7) is 3.55. The molecule has 160 valence electrons. The van der Waals surface area contributed by atoms with E-state index in [0.717, 1.165) is 5.56 Å². The summed E-state index contributed by atoms with van der Waals surface area (Å²) in [6, 6.07) is 13.7. The third-order valence-corrected chi connectivity index (χ3v) is 7.01. The molecule has 0 saturated carbocycles. The third kappa shape index (κ3) is 4.28. The first-order valence-electron chi connectivity index (χ1n) is 9.82. The maximum absolute atomic E-state index is 12.7. The normalized spacial score (nSPS) is 21.8. The van der Waals surface area contributed by atoms with Crippen LogP contribution in [0.3, 0.4) is 0 Å². The molecule has 2 atom stereocenters. The molecule has 1 fully saturated rings. The van der Waals surface area contributed by atoms with Crippen molar-refractivity contribution < 1.29 is 27.4 Å². The number of carbonyl (C=O) groups is 1. The second kappa shape index (κ2) is 8.63. The van der Waals surface area contributed by atoms with Crippen LogP contribution in [0.1, 0.15) is 12.5 Å². The number of hydrogen-bond donors (Lipinski definition) is 1. The Bertz CT molecular complexity index is 1000. The highest BCUT2D eigenvalue weighted by atomic mass is 32.2. The van der Waals surface area contributed by atoms with E-state index in [9.17, 15) is 13.2 Å². The number of ether oxygens (including phenoxy) is 3. The molecule has 0 radical (unpaired) electrons. The number of nitrogens with zero attached hydrogens (tertiary/aromatic N) is 1. The van der Waals surface area contributed by atoms with Gasteiger partial charge in [0, 0.05) is 19.6 Å². The second-order valence-electron chi connectivity index (χ2n) is 7.19. The SMILES string of the molecule is C[C@H]1Oc2ccccc2O[C@@H]1C(=O)NCc1ccc(S(=O)(=O)N2CCOCC2)cc1. The van der Waals surface area contributed by atoms with Crippen LogP contribution in [-0.4, -0.2) is 57.1 Å². The summed E-state index contributed by atoms with van der Waals surface area (Å²) in [5, 5.41) is 2.83. The molecule has 8 nitrogen and oxygen atoms in total. The van der Waals surface area contributed by atoms with Crippen molar-refractivity contribution in [1.29, 1.82) is 0 Å². The van der Waals surface area contributed by atoms with Crippen molar-refractivity contribution in [3.63, 3.8) is 0 Å². The smallest absolute Gasteiger partial charge is 0.265 e. The highest BCUT2D eigenvalue weighted by molar-refractivity contribution is 7.89. The standard InChI is InChI=1S/C21H24N2O6S/c1-15-20(29-19-5-3-2-4-18(19)28-15)21(24)22-14-16-6-8-17(9-7-16)30(25,26)23-10-12-27-13-11-23/h2-9,15,20H,10-14H2,1H3,(H,22,24)/t15-,20+/m1/s1. The van der Waals surface area contributed by atoms with E-state index in [0.29, 0.717) is 37.8 Å². The van der Waals surface area contributed by atoms with Crippen molar-refractivity contribution in [2.45, 2.75) is 30.6 Å². The van der Waals surface area contributed by atoms with Crippen LogP contribution in [-0.2, 0) is 26.1 Å².